The van der Waals surface area contributed by atoms with Crippen molar-refractivity contribution in [3.05, 3.63) is 58.6 Å². The number of anilines is 1. The summed E-state index contributed by atoms with van der Waals surface area (Å²) in [4.78, 5) is 42.3. The fourth-order valence-electron chi connectivity index (χ4n) is 4.00. The number of carbonyl (C=O) groups is 3. The molecule has 2 unspecified atom stereocenters. The van der Waals surface area contributed by atoms with Crippen LogP contribution >= 0.6 is 11.6 Å². The first-order chi connectivity index (χ1) is 17.4. The molecule has 8 nitrogen and oxygen atoms in total. The number of amides is 3. The molecule has 0 heterocycles. The van der Waals surface area contributed by atoms with Gasteiger partial charge in [0.25, 0.3) is 5.91 Å². The number of ether oxygens (including phenoxy) is 1. The number of hydrogen-bond donors (Lipinski definition) is 3. The fourth-order valence-corrected chi connectivity index (χ4v) is 4.27. The first-order valence-corrected chi connectivity index (χ1v) is 13.0. The van der Waals surface area contributed by atoms with Gasteiger partial charge in [-0.1, -0.05) is 49.7 Å². The number of benzene rings is 2. The van der Waals surface area contributed by atoms with Crippen LogP contribution in [0.4, 0.5) is 10.5 Å². The van der Waals surface area contributed by atoms with E-state index < -0.39 is 41.1 Å². The number of para-hydroxylation sites is 1. The molecule has 0 bridgehead atoms. The van der Waals surface area contributed by atoms with Crippen LogP contribution in [-0.4, -0.2) is 45.1 Å². The van der Waals surface area contributed by atoms with E-state index in [0.717, 1.165) is 5.56 Å². The number of aryl methyl sites for hydroxylation is 1. The predicted octanol–water partition coefficient (Wildman–Crippen LogP) is 6.21. The van der Waals surface area contributed by atoms with Gasteiger partial charge in [-0.2, -0.15) is 0 Å². The van der Waals surface area contributed by atoms with Gasteiger partial charge in [0.1, 0.15) is 23.4 Å². The van der Waals surface area contributed by atoms with Gasteiger partial charge in [0.2, 0.25) is 5.91 Å². The topological polar surface area (TPSA) is 108 Å². The summed E-state index contributed by atoms with van der Waals surface area (Å²) in [6.45, 7) is 16.1. The van der Waals surface area contributed by atoms with Crippen molar-refractivity contribution in [2.45, 2.75) is 85.5 Å². The summed E-state index contributed by atoms with van der Waals surface area (Å²) in [6.07, 6.45) is -0.726. The van der Waals surface area contributed by atoms with Crippen molar-refractivity contribution in [2.24, 2.45) is 5.92 Å². The third-order valence-corrected chi connectivity index (χ3v) is 6.07. The van der Waals surface area contributed by atoms with Crippen molar-refractivity contribution in [3.8, 4) is 5.75 Å². The molecule has 3 amide bonds. The summed E-state index contributed by atoms with van der Waals surface area (Å²) in [7, 11) is 0. The highest BCUT2D eigenvalue weighted by Gasteiger charge is 2.43. The highest BCUT2D eigenvalue weighted by molar-refractivity contribution is 6.34. The summed E-state index contributed by atoms with van der Waals surface area (Å²) < 4.78 is 5.40. The standard InChI is InChI=1S/C29H40ClN3O5/c1-17(2)22(32-27(37)38-29(7,8)9)26(36)33(28(4,5)6)24(19-13-15-20(34)16-14-19)25(35)31-23-18(3)11-10-12-21(23)30/h10-17,22,24,34H,1-9H3,(H,31,35)(H,32,37). The third kappa shape index (κ3) is 8.12. The van der Waals surface area contributed by atoms with Gasteiger partial charge in [-0.15, -0.1) is 0 Å². The highest BCUT2D eigenvalue weighted by atomic mass is 35.5. The largest absolute Gasteiger partial charge is 0.508 e. The predicted molar refractivity (Wildman–Crippen MR) is 150 cm³/mol. The van der Waals surface area contributed by atoms with E-state index >= 15 is 0 Å². The van der Waals surface area contributed by atoms with Crippen LogP contribution in [0.15, 0.2) is 42.5 Å². The molecular formula is C29H40ClN3O5. The molecule has 0 aliphatic carbocycles. The van der Waals surface area contributed by atoms with Gasteiger partial charge >= 0.3 is 6.09 Å². The number of phenols is 1. The molecule has 9 heteroatoms. The van der Waals surface area contributed by atoms with Crippen LogP contribution in [0.1, 0.15) is 72.6 Å². The quantitative estimate of drug-likeness (QED) is 0.383. The molecule has 0 spiro atoms. The summed E-state index contributed by atoms with van der Waals surface area (Å²) in [5.41, 5.74) is 0.0785. The molecule has 0 saturated heterocycles. The average Bonchev–Trinajstić information content (AvgIpc) is 2.76. The third-order valence-electron chi connectivity index (χ3n) is 5.75. The van der Waals surface area contributed by atoms with Gasteiger partial charge in [-0.3, -0.25) is 9.59 Å². The number of rotatable bonds is 7. The Balaban J connectivity index is 2.61. The lowest BCUT2D eigenvalue weighted by atomic mass is 9.93. The second kappa shape index (κ2) is 12.1. The van der Waals surface area contributed by atoms with Crippen LogP contribution in [0.3, 0.4) is 0 Å². The molecule has 0 aliphatic heterocycles. The molecule has 38 heavy (non-hydrogen) atoms. The Morgan fingerprint density at radius 2 is 1.55 bits per heavy atom. The van der Waals surface area contributed by atoms with Crippen molar-refractivity contribution in [2.75, 3.05) is 5.32 Å². The van der Waals surface area contributed by atoms with Gasteiger partial charge in [-0.25, -0.2) is 4.79 Å². The van der Waals surface area contributed by atoms with Crippen LogP contribution < -0.4 is 10.6 Å². The maximum Gasteiger partial charge on any atom is 0.408 e. The molecule has 2 aromatic carbocycles. The van der Waals surface area contributed by atoms with Crippen LogP contribution in [0.5, 0.6) is 5.75 Å². The van der Waals surface area contributed by atoms with Crippen molar-refractivity contribution in [1.29, 1.82) is 0 Å². The van der Waals surface area contributed by atoms with E-state index in [1.807, 2.05) is 47.6 Å². The van der Waals surface area contributed by atoms with Crippen LogP contribution in [0, 0.1) is 12.8 Å². The number of phenolic OH excluding ortho intramolecular Hbond substituents is 1. The summed E-state index contributed by atoms with van der Waals surface area (Å²) in [6, 6.07) is 9.30. The minimum Gasteiger partial charge on any atom is -0.508 e. The van der Waals surface area contributed by atoms with E-state index in [2.05, 4.69) is 10.6 Å². The molecule has 2 rings (SSSR count). The van der Waals surface area contributed by atoms with Gasteiger partial charge in [0.15, 0.2) is 0 Å². The monoisotopic (exact) mass is 545 g/mol. The van der Waals surface area contributed by atoms with Crippen LogP contribution in [0.25, 0.3) is 0 Å². The lowest BCUT2D eigenvalue weighted by Gasteiger charge is -2.43. The van der Waals surface area contributed by atoms with Gasteiger partial charge in [0.05, 0.1) is 10.7 Å². The van der Waals surface area contributed by atoms with Crippen molar-refractivity contribution in [3.63, 3.8) is 0 Å². The minimum atomic E-state index is -1.11. The van der Waals surface area contributed by atoms with Crippen molar-refractivity contribution >= 4 is 35.2 Å². The first-order valence-electron chi connectivity index (χ1n) is 12.6. The number of carbonyl (C=O) groups excluding carboxylic acids is 3. The normalized spacial score (nSPS) is 13.4. The van der Waals surface area contributed by atoms with Gasteiger partial charge < -0.3 is 25.4 Å². The molecule has 0 fully saturated rings. The highest BCUT2D eigenvalue weighted by Crippen LogP contribution is 2.34. The Morgan fingerprint density at radius 3 is 2.03 bits per heavy atom. The minimum absolute atomic E-state index is 0.0233. The number of nitrogens with one attached hydrogen (secondary N) is 2. The SMILES string of the molecule is Cc1cccc(Cl)c1NC(=O)C(c1ccc(O)cc1)N(C(=O)C(NC(=O)OC(C)(C)C)C(C)C)C(C)(C)C. The van der Waals surface area contributed by atoms with Gasteiger partial charge in [0, 0.05) is 5.54 Å². The maximum atomic E-state index is 14.2. The number of aromatic hydroxyl groups is 1. The Bertz CT molecular complexity index is 1130. The molecule has 208 valence electrons. The molecule has 0 saturated carbocycles. The van der Waals surface area contributed by atoms with E-state index in [4.69, 9.17) is 16.3 Å². The zero-order valence-corrected chi connectivity index (χ0v) is 24.4. The molecule has 2 aromatic rings. The van der Waals surface area contributed by atoms with E-state index in [9.17, 15) is 19.5 Å². The Morgan fingerprint density at radius 1 is 0.974 bits per heavy atom. The summed E-state index contributed by atoms with van der Waals surface area (Å²) in [5.74, 6) is -1.23. The number of nitrogens with zero attached hydrogens (tertiary/aromatic N) is 1. The van der Waals surface area contributed by atoms with Crippen molar-refractivity contribution in [1.82, 2.24) is 10.2 Å². The second-order valence-electron chi connectivity index (χ2n) is 11.7. The molecular weight excluding hydrogens is 506 g/mol. The summed E-state index contributed by atoms with van der Waals surface area (Å²) in [5, 5.41) is 15.9. The van der Waals surface area contributed by atoms with E-state index in [1.165, 1.54) is 17.0 Å². The molecule has 0 aromatic heterocycles. The first kappa shape index (κ1) is 31.0. The van der Waals surface area contributed by atoms with E-state index in [-0.39, 0.29) is 11.7 Å². The average molecular weight is 546 g/mol. The second-order valence-corrected chi connectivity index (χ2v) is 12.1. The van der Waals surface area contributed by atoms with Crippen LogP contribution in [0.2, 0.25) is 5.02 Å². The van der Waals surface area contributed by atoms with Gasteiger partial charge in [-0.05, 0) is 83.7 Å². The van der Waals surface area contributed by atoms with E-state index in [1.54, 1.807) is 45.0 Å². The number of alkyl carbamates (subject to hydrolysis) is 1. The van der Waals surface area contributed by atoms with Crippen LogP contribution in [-0.2, 0) is 14.3 Å². The molecule has 0 radical (unpaired) electrons. The smallest absolute Gasteiger partial charge is 0.408 e. The number of hydrogen-bond acceptors (Lipinski definition) is 5. The fraction of sp³-hybridized carbons (Fsp3) is 0.483. The number of halogens is 1. The molecule has 2 atom stereocenters. The Kier molecular flexibility index (Phi) is 9.83. The lowest BCUT2D eigenvalue weighted by molar-refractivity contribution is -0.147. The summed E-state index contributed by atoms with van der Waals surface area (Å²) >= 11 is 6.39. The zero-order valence-electron chi connectivity index (χ0n) is 23.7. The van der Waals surface area contributed by atoms with E-state index in [0.29, 0.717) is 16.3 Å². The zero-order chi connectivity index (χ0) is 29.0. The maximum absolute atomic E-state index is 14.2. The molecule has 0 aliphatic rings. The molecule has 3 N–H and O–H groups in total. The Labute approximate surface area is 230 Å². The lowest BCUT2D eigenvalue weighted by Crippen LogP contribution is -2.59. The Hall–Kier alpha value is -3.26. The van der Waals surface area contributed by atoms with Crippen molar-refractivity contribution < 1.29 is 24.2 Å².